The number of sulfonamides is 1. The standard InChI is InChI=1S/C21H20N4O3S.K/c26-21(24-20-15-7-3-5-13(15)11-14-6-4-8-16(14)20)25-29(27,28)19-12-22-17-9-1-2-10-18(17)23-19;/h1-2,9-12H,3-8H2,(H2,24,25,26);. The smallest absolute Gasteiger partial charge is 0.307 e. The second kappa shape index (κ2) is 8.64. The summed E-state index contributed by atoms with van der Waals surface area (Å²) in [5.41, 5.74) is 6.66. The van der Waals surface area contributed by atoms with Crippen molar-refractivity contribution in [1.82, 2.24) is 14.7 Å². The van der Waals surface area contributed by atoms with Crippen LogP contribution in [0.2, 0.25) is 0 Å². The number of benzene rings is 2. The molecule has 0 aliphatic heterocycles. The minimum Gasteiger partial charge on any atom is -0.307 e. The van der Waals surface area contributed by atoms with E-state index in [0.717, 1.165) is 61.5 Å². The Bertz CT molecular complexity index is 1230. The van der Waals surface area contributed by atoms with Gasteiger partial charge in [-0.1, -0.05) is 18.2 Å². The first-order valence-corrected chi connectivity index (χ1v) is 11.2. The van der Waals surface area contributed by atoms with Crippen LogP contribution < -0.4 is 10.0 Å². The van der Waals surface area contributed by atoms with Gasteiger partial charge in [-0.05, 0) is 72.9 Å². The third-order valence-corrected chi connectivity index (χ3v) is 6.84. The van der Waals surface area contributed by atoms with Crippen molar-refractivity contribution in [1.29, 1.82) is 0 Å². The number of para-hydroxylation sites is 2. The van der Waals surface area contributed by atoms with Crippen LogP contribution in [0.3, 0.4) is 0 Å². The number of carbonyl (C=O) groups excluding carboxylic acids is 1. The van der Waals surface area contributed by atoms with Gasteiger partial charge in [0.25, 0.3) is 10.0 Å². The zero-order valence-corrected chi connectivity index (χ0v) is 20.7. The van der Waals surface area contributed by atoms with Gasteiger partial charge in [0.05, 0.1) is 17.2 Å². The number of fused-ring (bicyclic) bond motifs is 3. The van der Waals surface area contributed by atoms with Gasteiger partial charge >= 0.3 is 6.03 Å². The van der Waals surface area contributed by atoms with Crippen LogP contribution in [0.5, 0.6) is 0 Å². The summed E-state index contributed by atoms with van der Waals surface area (Å²) in [7, 11) is -4.13. The second-order valence-electron chi connectivity index (χ2n) is 7.49. The second-order valence-corrected chi connectivity index (χ2v) is 9.12. The van der Waals surface area contributed by atoms with E-state index >= 15 is 0 Å². The molecular weight excluding hydrogens is 427 g/mol. The molecule has 1 heterocycles. The number of carbonyl (C=O) groups is 1. The van der Waals surface area contributed by atoms with E-state index in [2.05, 4.69) is 26.1 Å². The van der Waals surface area contributed by atoms with E-state index in [4.69, 9.17) is 0 Å². The summed E-state index contributed by atoms with van der Waals surface area (Å²) in [6, 6.07) is 8.47. The van der Waals surface area contributed by atoms with Crippen LogP contribution >= 0.6 is 0 Å². The van der Waals surface area contributed by atoms with Gasteiger partial charge in [0.15, 0.2) is 5.03 Å². The minimum absolute atomic E-state index is 0. The number of hydrogen-bond donors (Lipinski definition) is 2. The van der Waals surface area contributed by atoms with Crippen molar-refractivity contribution in [3.63, 3.8) is 0 Å². The Labute approximate surface area is 217 Å². The summed E-state index contributed by atoms with van der Waals surface area (Å²) in [6.45, 7) is 0. The molecule has 5 rings (SSSR count). The molecule has 30 heavy (non-hydrogen) atoms. The van der Waals surface area contributed by atoms with Crippen molar-refractivity contribution >= 4 is 84.2 Å². The molecule has 2 aliphatic rings. The van der Waals surface area contributed by atoms with Gasteiger partial charge in [-0.2, -0.15) is 8.42 Å². The molecule has 0 bridgehead atoms. The van der Waals surface area contributed by atoms with E-state index in [-0.39, 0.29) is 56.4 Å². The van der Waals surface area contributed by atoms with Gasteiger partial charge in [-0.3, -0.25) is 4.98 Å². The fourth-order valence-electron chi connectivity index (χ4n) is 4.35. The Hall–Kier alpha value is -1.36. The summed E-state index contributed by atoms with van der Waals surface area (Å²) in [5, 5.41) is 2.55. The van der Waals surface area contributed by atoms with Crippen LogP contribution in [0.4, 0.5) is 10.5 Å². The molecule has 2 aromatic carbocycles. The molecule has 149 valence electrons. The zero-order chi connectivity index (χ0) is 20.0. The van der Waals surface area contributed by atoms with Crippen molar-refractivity contribution in [2.45, 2.75) is 43.6 Å². The fraction of sp³-hybridized carbons (Fsp3) is 0.286. The van der Waals surface area contributed by atoms with E-state index in [9.17, 15) is 13.2 Å². The number of aromatic nitrogens is 2. The Morgan fingerprint density at radius 3 is 2.23 bits per heavy atom. The van der Waals surface area contributed by atoms with E-state index < -0.39 is 16.1 Å². The first-order valence-electron chi connectivity index (χ1n) is 9.73. The molecule has 0 unspecified atom stereocenters. The van der Waals surface area contributed by atoms with Gasteiger partial charge in [0.1, 0.15) is 0 Å². The van der Waals surface area contributed by atoms with Crippen molar-refractivity contribution in [2.24, 2.45) is 0 Å². The average Bonchev–Trinajstić information content (AvgIpc) is 3.36. The summed E-state index contributed by atoms with van der Waals surface area (Å²) in [6.07, 6.45) is 7.09. The Balaban J connectivity index is 0.00000218. The van der Waals surface area contributed by atoms with Crippen LogP contribution in [-0.4, -0.2) is 75.8 Å². The summed E-state index contributed by atoms with van der Waals surface area (Å²) < 4.78 is 27.4. The summed E-state index contributed by atoms with van der Waals surface area (Å²) >= 11 is 0. The van der Waals surface area contributed by atoms with Gasteiger partial charge in [0.2, 0.25) is 0 Å². The van der Waals surface area contributed by atoms with Gasteiger partial charge < -0.3 is 5.32 Å². The number of nitrogens with zero attached hydrogens (tertiary/aromatic N) is 2. The van der Waals surface area contributed by atoms with Crippen LogP contribution in [-0.2, 0) is 35.7 Å². The van der Waals surface area contributed by atoms with Crippen molar-refractivity contribution in [3.05, 3.63) is 58.8 Å². The topological polar surface area (TPSA) is 101 Å². The largest absolute Gasteiger partial charge is 0.333 e. The molecule has 3 aromatic rings. The minimum atomic E-state index is -4.13. The van der Waals surface area contributed by atoms with Gasteiger partial charge in [-0.15, -0.1) is 0 Å². The van der Waals surface area contributed by atoms with E-state index in [1.165, 1.54) is 11.1 Å². The molecule has 2 amide bonds. The SMILES string of the molecule is O=C(Nc1c2c(cc3c1CCC3)CCC2)NS(=O)(=O)c1cnc2ccccc2n1.[K]. The number of rotatable bonds is 3. The van der Waals surface area contributed by atoms with Crippen molar-refractivity contribution in [2.75, 3.05) is 5.32 Å². The Kier molecular flexibility index (Phi) is 6.29. The van der Waals surface area contributed by atoms with Crippen LogP contribution in [0.25, 0.3) is 11.0 Å². The van der Waals surface area contributed by atoms with Crippen molar-refractivity contribution < 1.29 is 13.2 Å². The summed E-state index contributed by atoms with van der Waals surface area (Å²) in [5.74, 6) is 0. The predicted molar refractivity (Wildman–Crippen MR) is 115 cm³/mol. The molecule has 0 fully saturated rings. The molecule has 0 atom stereocenters. The maximum Gasteiger partial charge on any atom is 0.333 e. The van der Waals surface area contributed by atoms with Crippen molar-refractivity contribution in [3.8, 4) is 0 Å². The molecule has 0 saturated heterocycles. The molecular formula is C21H20KN4O3S. The zero-order valence-electron chi connectivity index (χ0n) is 16.7. The predicted octanol–water partition coefficient (Wildman–Crippen LogP) is 2.74. The molecule has 0 saturated carbocycles. The molecule has 1 aromatic heterocycles. The van der Waals surface area contributed by atoms with Gasteiger partial charge in [0, 0.05) is 57.1 Å². The van der Waals surface area contributed by atoms with Crippen LogP contribution in [0, 0.1) is 0 Å². The molecule has 2 aliphatic carbocycles. The Morgan fingerprint density at radius 1 is 0.933 bits per heavy atom. The molecule has 7 nitrogen and oxygen atoms in total. The molecule has 0 spiro atoms. The van der Waals surface area contributed by atoms with Gasteiger partial charge in [-0.25, -0.2) is 14.5 Å². The normalized spacial score (nSPS) is 14.7. The molecule has 1 radical (unpaired) electrons. The third kappa shape index (κ3) is 4.06. The van der Waals surface area contributed by atoms with Crippen LogP contribution in [0.15, 0.2) is 41.6 Å². The maximum absolute atomic E-state index is 12.7. The summed E-state index contributed by atoms with van der Waals surface area (Å²) in [4.78, 5) is 20.9. The number of aryl methyl sites for hydroxylation is 2. The van der Waals surface area contributed by atoms with E-state index in [1.54, 1.807) is 24.3 Å². The average molecular weight is 448 g/mol. The quantitative estimate of drug-likeness (QED) is 0.601. The molecule has 9 heteroatoms. The van der Waals surface area contributed by atoms with Crippen LogP contribution in [0.1, 0.15) is 35.1 Å². The Morgan fingerprint density at radius 2 is 1.57 bits per heavy atom. The monoisotopic (exact) mass is 447 g/mol. The number of anilines is 1. The number of nitrogens with one attached hydrogen (secondary N) is 2. The fourth-order valence-corrected chi connectivity index (χ4v) is 5.16. The third-order valence-electron chi connectivity index (χ3n) is 5.64. The number of hydrogen-bond acceptors (Lipinski definition) is 5. The number of urea groups is 1. The van der Waals surface area contributed by atoms with E-state index in [0.29, 0.717) is 11.0 Å². The first-order chi connectivity index (χ1) is 14.0. The first kappa shape index (κ1) is 21.9. The number of amides is 2. The molecule has 2 N–H and O–H groups in total. The maximum atomic E-state index is 12.7. The van der Waals surface area contributed by atoms with E-state index in [1.807, 2.05) is 0 Å².